The van der Waals surface area contributed by atoms with Gasteiger partial charge in [0.1, 0.15) is 12.2 Å². The van der Waals surface area contributed by atoms with Crippen LogP contribution in [0.3, 0.4) is 0 Å². The lowest BCUT2D eigenvalue weighted by molar-refractivity contribution is -0.186. The molecule has 2 rings (SSSR count). The van der Waals surface area contributed by atoms with Gasteiger partial charge in [0.2, 0.25) is 5.91 Å². The Labute approximate surface area is 84.6 Å². The summed E-state index contributed by atoms with van der Waals surface area (Å²) < 4.78 is 5.59. The molecule has 1 spiro atoms. The highest BCUT2D eigenvalue weighted by atomic mass is 16.5. The van der Waals surface area contributed by atoms with Crippen molar-refractivity contribution in [1.29, 1.82) is 0 Å². The first-order chi connectivity index (χ1) is 6.41. The minimum atomic E-state index is -0.0960. The molecular weight excluding hydrogens is 180 g/mol. The summed E-state index contributed by atoms with van der Waals surface area (Å²) in [7, 11) is 0. The first kappa shape index (κ1) is 9.93. The van der Waals surface area contributed by atoms with Crippen LogP contribution in [-0.4, -0.2) is 48.2 Å². The van der Waals surface area contributed by atoms with Gasteiger partial charge in [-0.2, -0.15) is 0 Å². The van der Waals surface area contributed by atoms with E-state index in [1.165, 1.54) is 0 Å². The van der Waals surface area contributed by atoms with Crippen molar-refractivity contribution in [1.82, 2.24) is 10.2 Å². The van der Waals surface area contributed by atoms with Gasteiger partial charge in [0.15, 0.2) is 0 Å². The van der Waals surface area contributed by atoms with E-state index in [0.717, 1.165) is 13.1 Å². The lowest BCUT2D eigenvalue weighted by atomic mass is 9.87. The predicted molar refractivity (Wildman–Crippen MR) is 53.0 cm³/mol. The molecule has 2 heterocycles. The molecule has 0 unspecified atom stereocenters. The summed E-state index contributed by atoms with van der Waals surface area (Å²) in [5.74, 6) is 0.00448. The summed E-state index contributed by atoms with van der Waals surface area (Å²) in [5.41, 5.74) is 0.108. The number of amides is 1. The fraction of sp³-hybridized carbons (Fsp3) is 0.900. The molecule has 0 radical (unpaired) electrons. The Bertz CT molecular complexity index is 239. The molecule has 4 heteroatoms. The number of likely N-dealkylation sites (tertiary alicyclic amines) is 1. The van der Waals surface area contributed by atoms with Gasteiger partial charge in [-0.1, -0.05) is 0 Å². The van der Waals surface area contributed by atoms with Gasteiger partial charge in [-0.15, -0.1) is 0 Å². The van der Waals surface area contributed by atoms with Crippen LogP contribution >= 0.6 is 0 Å². The molecule has 2 aliphatic heterocycles. The van der Waals surface area contributed by atoms with E-state index in [1.807, 2.05) is 0 Å². The Morgan fingerprint density at radius 2 is 2.07 bits per heavy atom. The van der Waals surface area contributed by atoms with E-state index in [4.69, 9.17) is 4.74 Å². The number of carbonyl (C=O) groups excluding carboxylic acids is 1. The average molecular weight is 198 g/mol. The number of morpholine rings is 1. The fourth-order valence-corrected chi connectivity index (χ4v) is 1.91. The molecule has 0 aromatic carbocycles. The Morgan fingerprint density at radius 1 is 1.43 bits per heavy atom. The molecule has 2 fully saturated rings. The van der Waals surface area contributed by atoms with E-state index in [1.54, 1.807) is 0 Å². The van der Waals surface area contributed by atoms with Crippen molar-refractivity contribution in [2.45, 2.75) is 31.9 Å². The standard InChI is InChI=1S/C10H18N2O2/c1-9(2,3)12-6-10(7-12)5-11-8(13)4-14-10/h4-7H2,1-3H3,(H,11,13). The zero-order chi connectivity index (χ0) is 10.4. The summed E-state index contributed by atoms with van der Waals surface area (Å²) in [6, 6.07) is 0. The van der Waals surface area contributed by atoms with Gasteiger partial charge in [0.05, 0.1) is 0 Å². The zero-order valence-corrected chi connectivity index (χ0v) is 9.09. The van der Waals surface area contributed by atoms with Crippen molar-refractivity contribution in [3.8, 4) is 0 Å². The average Bonchev–Trinajstić information content (AvgIpc) is 2.00. The van der Waals surface area contributed by atoms with Crippen LogP contribution in [0.2, 0.25) is 0 Å². The summed E-state index contributed by atoms with van der Waals surface area (Å²) in [6.07, 6.45) is 0. The maximum absolute atomic E-state index is 10.9. The number of rotatable bonds is 0. The van der Waals surface area contributed by atoms with E-state index in [2.05, 4.69) is 31.0 Å². The van der Waals surface area contributed by atoms with Gasteiger partial charge >= 0.3 is 0 Å². The molecule has 0 saturated carbocycles. The van der Waals surface area contributed by atoms with Crippen LogP contribution in [-0.2, 0) is 9.53 Å². The Morgan fingerprint density at radius 3 is 2.50 bits per heavy atom. The minimum absolute atomic E-state index is 0.00448. The number of ether oxygens (including phenoxy) is 1. The first-order valence-electron chi connectivity index (χ1n) is 5.07. The number of hydrogen-bond acceptors (Lipinski definition) is 3. The summed E-state index contributed by atoms with van der Waals surface area (Å²) >= 11 is 0. The van der Waals surface area contributed by atoms with E-state index < -0.39 is 0 Å². The lowest BCUT2D eigenvalue weighted by Crippen LogP contribution is -2.73. The monoisotopic (exact) mass is 198 g/mol. The molecule has 0 aliphatic carbocycles. The van der Waals surface area contributed by atoms with Gasteiger partial charge in [-0.3, -0.25) is 9.69 Å². The molecule has 80 valence electrons. The second-order valence-electron chi connectivity index (χ2n) is 5.28. The smallest absolute Gasteiger partial charge is 0.246 e. The summed E-state index contributed by atoms with van der Waals surface area (Å²) in [5, 5.41) is 2.86. The summed E-state index contributed by atoms with van der Waals surface area (Å²) in [4.78, 5) is 13.3. The summed E-state index contributed by atoms with van der Waals surface area (Å²) in [6.45, 7) is 9.33. The topological polar surface area (TPSA) is 41.6 Å². The molecule has 0 aromatic heterocycles. The maximum Gasteiger partial charge on any atom is 0.246 e. The van der Waals surface area contributed by atoms with Gasteiger partial charge in [0, 0.05) is 25.2 Å². The molecule has 1 N–H and O–H groups in total. The molecule has 2 saturated heterocycles. The molecule has 4 nitrogen and oxygen atoms in total. The van der Waals surface area contributed by atoms with E-state index in [0.29, 0.717) is 6.54 Å². The number of nitrogens with one attached hydrogen (secondary N) is 1. The quantitative estimate of drug-likeness (QED) is 0.595. The largest absolute Gasteiger partial charge is 0.361 e. The Hall–Kier alpha value is -0.610. The second kappa shape index (κ2) is 2.94. The van der Waals surface area contributed by atoms with Crippen molar-refractivity contribution in [2.75, 3.05) is 26.2 Å². The molecule has 0 bridgehead atoms. The van der Waals surface area contributed by atoms with Crippen LogP contribution in [0.5, 0.6) is 0 Å². The third kappa shape index (κ3) is 1.64. The highest BCUT2D eigenvalue weighted by molar-refractivity contribution is 5.78. The van der Waals surface area contributed by atoms with Crippen LogP contribution in [0.1, 0.15) is 20.8 Å². The number of carbonyl (C=O) groups is 1. The van der Waals surface area contributed by atoms with Crippen molar-refractivity contribution in [2.24, 2.45) is 0 Å². The van der Waals surface area contributed by atoms with E-state index >= 15 is 0 Å². The number of nitrogens with zero attached hydrogens (tertiary/aromatic N) is 1. The molecule has 2 aliphatic rings. The SMILES string of the molecule is CC(C)(C)N1CC2(CNC(=O)CO2)C1. The number of hydrogen-bond donors (Lipinski definition) is 1. The predicted octanol–water partition coefficient (Wildman–Crippen LogP) is -0.0143. The normalized spacial score (nSPS) is 27.2. The molecule has 0 aromatic rings. The van der Waals surface area contributed by atoms with Crippen molar-refractivity contribution >= 4 is 5.91 Å². The van der Waals surface area contributed by atoms with Crippen LogP contribution in [0.4, 0.5) is 0 Å². The van der Waals surface area contributed by atoms with Gasteiger partial charge in [0.25, 0.3) is 0 Å². The molecule has 1 amide bonds. The van der Waals surface area contributed by atoms with Crippen molar-refractivity contribution in [3.05, 3.63) is 0 Å². The first-order valence-corrected chi connectivity index (χ1v) is 5.07. The van der Waals surface area contributed by atoms with Crippen LogP contribution in [0.15, 0.2) is 0 Å². The van der Waals surface area contributed by atoms with Crippen molar-refractivity contribution < 1.29 is 9.53 Å². The molecule has 0 atom stereocenters. The minimum Gasteiger partial charge on any atom is -0.361 e. The second-order valence-corrected chi connectivity index (χ2v) is 5.28. The van der Waals surface area contributed by atoms with Crippen LogP contribution in [0, 0.1) is 0 Å². The molecular formula is C10H18N2O2. The third-order valence-corrected chi connectivity index (χ3v) is 3.02. The fourth-order valence-electron chi connectivity index (χ4n) is 1.91. The lowest BCUT2D eigenvalue weighted by Gasteiger charge is -2.56. The van der Waals surface area contributed by atoms with E-state index in [9.17, 15) is 4.79 Å². The van der Waals surface area contributed by atoms with Gasteiger partial charge < -0.3 is 10.1 Å². The highest BCUT2D eigenvalue weighted by Gasteiger charge is 2.49. The maximum atomic E-state index is 10.9. The van der Waals surface area contributed by atoms with Gasteiger partial charge in [-0.05, 0) is 20.8 Å². The zero-order valence-electron chi connectivity index (χ0n) is 9.09. The third-order valence-electron chi connectivity index (χ3n) is 3.02. The Balaban J connectivity index is 1.90. The highest BCUT2D eigenvalue weighted by Crippen LogP contribution is 2.32. The Kier molecular flexibility index (Phi) is 2.08. The van der Waals surface area contributed by atoms with Gasteiger partial charge in [-0.25, -0.2) is 0 Å². The van der Waals surface area contributed by atoms with Crippen LogP contribution < -0.4 is 5.32 Å². The van der Waals surface area contributed by atoms with Crippen molar-refractivity contribution in [3.63, 3.8) is 0 Å². The van der Waals surface area contributed by atoms with Crippen LogP contribution in [0.25, 0.3) is 0 Å². The van der Waals surface area contributed by atoms with E-state index in [-0.39, 0.29) is 23.7 Å². The molecule has 14 heavy (non-hydrogen) atoms.